The summed E-state index contributed by atoms with van der Waals surface area (Å²) in [5, 5.41) is 10.4. The number of carbonyl (C=O) groups is 1. The Morgan fingerprint density at radius 2 is 1.82 bits per heavy atom. The first kappa shape index (κ1) is 18.7. The quantitative estimate of drug-likeness (QED) is 0.718. The van der Waals surface area contributed by atoms with Crippen molar-refractivity contribution in [2.75, 3.05) is 13.1 Å². The van der Waals surface area contributed by atoms with Gasteiger partial charge in [0, 0.05) is 12.1 Å². The molecular weight excluding hydrogens is 274 g/mol. The van der Waals surface area contributed by atoms with Crippen molar-refractivity contribution in [2.45, 2.75) is 65.8 Å². The number of rotatable bonds is 8. The third kappa shape index (κ3) is 5.13. The SMILES string of the molecule is CCCCN(CCC)Cc1cc(C(C)(C)C)cc(C=O)c1O. The van der Waals surface area contributed by atoms with Gasteiger partial charge in [0.1, 0.15) is 5.75 Å². The highest BCUT2D eigenvalue weighted by molar-refractivity contribution is 5.80. The second-order valence-corrected chi connectivity index (χ2v) is 7.07. The fourth-order valence-electron chi connectivity index (χ4n) is 2.57. The molecule has 1 aromatic rings. The highest BCUT2D eigenvalue weighted by Crippen LogP contribution is 2.31. The van der Waals surface area contributed by atoms with E-state index in [9.17, 15) is 9.90 Å². The Bertz CT molecular complexity index is 489. The summed E-state index contributed by atoms with van der Waals surface area (Å²) in [5.41, 5.74) is 2.31. The van der Waals surface area contributed by atoms with Crippen molar-refractivity contribution in [3.05, 3.63) is 28.8 Å². The van der Waals surface area contributed by atoms with E-state index < -0.39 is 0 Å². The molecule has 0 spiro atoms. The average molecular weight is 305 g/mol. The molecule has 0 amide bonds. The number of aromatic hydroxyl groups is 1. The Hall–Kier alpha value is -1.35. The monoisotopic (exact) mass is 305 g/mol. The van der Waals surface area contributed by atoms with E-state index in [1.165, 1.54) is 0 Å². The van der Waals surface area contributed by atoms with Crippen molar-refractivity contribution in [1.82, 2.24) is 4.90 Å². The zero-order valence-corrected chi connectivity index (χ0v) is 14.8. The highest BCUT2D eigenvalue weighted by Gasteiger charge is 2.19. The number of phenols is 1. The largest absolute Gasteiger partial charge is 0.507 e. The molecule has 0 atom stereocenters. The lowest BCUT2D eigenvalue weighted by atomic mass is 9.84. The Balaban J connectivity index is 3.12. The van der Waals surface area contributed by atoms with Gasteiger partial charge in [-0.1, -0.05) is 47.1 Å². The van der Waals surface area contributed by atoms with E-state index >= 15 is 0 Å². The second kappa shape index (κ2) is 8.33. The number of benzene rings is 1. The normalized spacial score (nSPS) is 11.9. The zero-order valence-electron chi connectivity index (χ0n) is 14.8. The van der Waals surface area contributed by atoms with Crippen LogP contribution < -0.4 is 0 Å². The maximum atomic E-state index is 11.3. The Labute approximate surface area is 135 Å². The minimum atomic E-state index is -0.0424. The van der Waals surface area contributed by atoms with E-state index in [-0.39, 0.29) is 11.2 Å². The van der Waals surface area contributed by atoms with Crippen molar-refractivity contribution in [2.24, 2.45) is 0 Å². The summed E-state index contributed by atoms with van der Waals surface area (Å²) in [6.45, 7) is 13.5. The van der Waals surface area contributed by atoms with Crippen LogP contribution in [0.25, 0.3) is 0 Å². The molecule has 0 aliphatic carbocycles. The highest BCUT2D eigenvalue weighted by atomic mass is 16.3. The summed E-state index contributed by atoms with van der Waals surface area (Å²) in [6, 6.07) is 3.86. The Morgan fingerprint density at radius 1 is 1.14 bits per heavy atom. The lowest BCUT2D eigenvalue weighted by Crippen LogP contribution is -2.25. The van der Waals surface area contributed by atoms with Crippen LogP contribution in [0.4, 0.5) is 0 Å². The topological polar surface area (TPSA) is 40.5 Å². The molecule has 0 radical (unpaired) electrons. The predicted octanol–water partition coefficient (Wildman–Crippen LogP) is 4.51. The molecule has 0 fully saturated rings. The van der Waals surface area contributed by atoms with Crippen molar-refractivity contribution in [3.8, 4) is 5.75 Å². The molecule has 0 bridgehead atoms. The molecule has 1 aromatic carbocycles. The first-order valence-electron chi connectivity index (χ1n) is 8.37. The van der Waals surface area contributed by atoms with Gasteiger partial charge in [0.25, 0.3) is 0 Å². The number of phenolic OH excluding ortho intramolecular Hbond substituents is 1. The van der Waals surface area contributed by atoms with Gasteiger partial charge in [-0.2, -0.15) is 0 Å². The molecule has 0 aliphatic heterocycles. The van der Waals surface area contributed by atoms with Gasteiger partial charge < -0.3 is 5.11 Å². The van der Waals surface area contributed by atoms with Gasteiger partial charge in [0.2, 0.25) is 0 Å². The van der Waals surface area contributed by atoms with Crippen LogP contribution in [0.5, 0.6) is 5.75 Å². The van der Waals surface area contributed by atoms with Crippen LogP contribution in [0.2, 0.25) is 0 Å². The standard InChI is InChI=1S/C19H31NO2/c1-6-8-10-20(9-7-2)13-15-11-17(19(3,4)5)12-16(14-21)18(15)22/h11-12,14,22H,6-10,13H2,1-5H3. The fraction of sp³-hybridized carbons (Fsp3) is 0.632. The summed E-state index contributed by atoms with van der Waals surface area (Å²) in [4.78, 5) is 13.6. The first-order valence-corrected chi connectivity index (χ1v) is 8.37. The minimum Gasteiger partial charge on any atom is -0.507 e. The zero-order chi connectivity index (χ0) is 16.8. The predicted molar refractivity (Wildman–Crippen MR) is 92.7 cm³/mol. The molecule has 0 saturated heterocycles. The van der Waals surface area contributed by atoms with Crippen molar-refractivity contribution < 1.29 is 9.90 Å². The third-order valence-corrected chi connectivity index (χ3v) is 3.97. The Kier molecular flexibility index (Phi) is 7.08. The van der Waals surface area contributed by atoms with Gasteiger partial charge in [0.05, 0.1) is 5.56 Å². The van der Waals surface area contributed by atoms with E-state index in [0.29, 0.717) is 12.1 Å². The van der Waals surface area contributed by atoms with Crippen LogP contribution in [-0.4, -0.2) is 29.4 Å². The van der Waals surface area contributed by atoms with Crippen LogP contribution in [0, 0.1) is 0 Å². The van der Waals surface area contributed by atoms with Crippen LogP contribution in [0.3, 0.4) is 0 Å². The molecule has 1 rings (SSSR count). The lowest BCUT2D eigenvalue weighted by Gasteiger charge is -2.25. The van der Waals surface area contributed by atoms with E-state index in [0.717, 1.165) is 49.8 Å². The van der Waals surface area contributed by atoms with E-state index in [1.807, 2.05) is 6.07 Å². The molecule has 0 heterocycles. The van der Waals surface area contributed by atoms with Crippen molar-refractivity contribution in [3.63, 3.8) is 0 Å². The molecule has 3 heteroatoms. The smallest absolute Gasteiger partial charge is 0.153 e. The van der Waals surface area contributed by atoms with E-state index in [4.69, 9.17) is 0 Å². The Morgan fingerprint density at radius 3 is 2.32 bits per heavy atom. The van der Waals surface area contributed by atoms with Gasteiger partial charge in [-0.05, 0) is 43.0 Å². The average Bonchev–Trinajstić information content (AvgIpc) is 2.45. The maximum absolute atomic E-state index is 11.3. The van der Waals surface area contributed by atoms with Gasteiger partial charge in [-0.3, -0.25) is 9.69 Å². The maximum Gasteiger partial charge on any atom is 0.153 e. The van der Waals surface area contributed by atoms with E-state index in [1.54, 1.807) is 0 Å². The summed E-state index contributed by atoms with van der Waals surface area (Å²) < 4.78 is 0. The molecule has 22 heavy (non-hydrogen) atoms. The summed E-state index contributed by atoms with van der Waals surface area (Å²) in [7, 11) is 0. The summed E-state index contributed by atoms with van der Waals surface area (Å²) >= 11 is 0. The number of nitrogens with zero attached hydrogens (tertiary/aromatic N) is 1. The van der Waals surface area contributed by atoms with Gasteiger partial charge in [-0.25, -0.2) is 0 Å². The van der Waals surface area contributed by atoms with Crippen LogP contribution in [-0.2, 0) is 12.0 Å². The fourth-order valence-corrected chi connectivity index (χ4v) is 2.57. The number of carbonyl (C=O) groups excluding carboxylic acids is 1. The van der Waals surface area contributed by atoms with Crippen LogP contribution in [0.15, 0.2) is 12.1 Å². The molecule has 1 N–H and O–H groups in total. The molecule has 3 nitrogen and oxygen atoms in total. The number of aldehydes is 1. The second-order valence-electron chi connectivity index (χ2n) is 7.07. The minimum absolute atomic E-state index is 0.0424. The van der Waals surface area contributed by atoms with Crippen molar-refractivity contribution in [1.29, 1.82) is 0 Å². The molecule has 0 saturated carbocycles. The molecule has 0 aliphatic rings. The molecule has 0 unspecified atom stereocenters. The first-order chi connectivity index (χ1) is 10.3. The molecule has 0 aromatic heterocycles. The van der Waals surface area contributed by atoms with Crippen LogP contribution >= 0.6 is 0 Å². The lowest BCUT2D eigenvalue weighted by molar-refractivity contribution is 0.112. The van der Waals surface area contributed by atoms with Gasteiger partial charge in [-0.15, -0.1) is 0 Å². The third-order valence-electron chi connectivity index (χ3n) is 3.97. The van der Waals surface area contributed by atoms with Crippen LogP contribution in [0.1, 0.15) is 75.4 Å². The van der Waals surface area contributed by atoms with Crippen molar-refractivity contribution >= 4 is 6.29 Å². The molecular formula is C19H31NO2. The van der Waals surface area contributed by atoms with Gasteiger partial charge >= 0.3 is 0 Å². The number of hydrogen-bond donors (Lipinski definition) is 1. The number of unbranched alkanes of at least 4 members (excludes halogenated alkanes) is 1. The summed E-state index contributed by atoms with van der Waals surface area (Å²) in [6.07, 6.45) is 4.16. The van der Waals surface area contributed by atoms with Gasteiger partial charge in [0.15, 0.2) is 6.29 Å². The summed E-state index contributed by atoms with van der Waals surface area (Å²) in [5.74, 6) is 0.139. The van der Waals surface area contributed by atoms with E-state index in [2.05, 4.69) is 45.6 Å². The molecule has 124 valence electrons. The number of hydrogen-bond acceptors (Lipinski definition) is 3.